The number of hydrogen-bond donors (Lipinski definition) is 1. The number of rotatable bonds is 3. The molecule has 5 heteroatoms. The number of pyridine rings is 1. The van der Waals surface area contributed by atoms with E-state index in [2.05, 4.69) is 15.2 Å². The summed E-state index contributed by atoms with van der Waals surface area (Å²) in [5.74, 6) is -0.184. The minimum Gasteiger partial charge on any atom is -0.372 e. The highest BCUT2D eigenvalue weighted by molar-refractivity contribution is 6.38. The van der Waals surface area contributed by atoms with Gasteiger partial charge in [0.05, 0.1) is 22.4 Å². The van der Waals surface area contributed by atoms with E-state index in [9.17, 15) is 4.79 Å². The number of amides is 1. The summed E-state index contributed by atoms with van der Waals surface area (Å²) in [5.41, 5.74) is 3.12. The monoisotopic (exact) mass is 379 g/mol. The number of carbonyl (C=O) groups excluding carboxylic acids is 1. The number of benzene rings is 2. The number of nitrogens with zero attached hydrogens (tertiary/aromatic N) is 2. The van der Waals surface area contributed by atoms with Crippen molar-refractivity contribution >= 4 is 39.8 Å². The van der Waals surface area contributed by atoms with Crippen molar-refractivity contribution in [2.45, 2.75) is 25.7 Å². The molecule has 2 aromatic carbocycles. The summed E-state index contributed by atoms with van der Waals surface area (Å²) >= 11 is 6.45. The smallest absolute Gasteiger partial charge is 0.255 e. The summed E-state index contributed by atoms with van der Waals surface area (Å²) in [4.78, 5) is 19.4. The van der Waals surface area contributed by atoms with E-state index >= 15 is 0 Å². The van der Waals surface area contributed by atoms with E-state index in [1.165, 1.54) is 31.4 Å². The van der Waals surface area contributed by atoms with Crippen molar-refractivity contribution in [1.82, 2.24) is 4.98 Å². The van der Waals surface area contributed by atoms with Crippen LogP contribution in [0.25, 0.3) is 10.9 Å². The minimum atomic E-state index is -0.184. The van der Waals surface area contributed by atoms with Gasteiger partial charge in [-0.3, -0.25) is 9.78 Å². The number of para-hydroxylation sites is 1. The lowest BCUT2D eigenvalue weighted by molar-refractivity contribution is 0.102. The lowest BCUT2D eigenvalue weighted by atomic mass is 10.1. The molecule has 3 aromatic rings. The highest BCUT2D eigenvalue weighted by Crippen LogP contribution is 2.29. The zero-order valence-corrected chi connectivity index (χ0v) is 15.9. The Bertz CT molecular complexity index is 947. The summed E-state index contributed by atoms with van der Waals surface area (Å²) in [6, 6.07) is 15.4. The normalized spacial score (nSPS) is 14.8. The Labute approximate surface area is 164 Å². The van der Waals surface area contributed by atoms with Crippen LogP contribution < -0.4 is 10.2 Å². The second-order valence-electron chi connectivity index (χ2n) is 6.91. The first kappa shape index (κ1) is 17.8. The predicted octanol–water partition coefficient (Wildman–Crippen LogP) is 5.52. The largest absolute Gasteiger partial charge is 0.372 e. The summed E-state index contributed by atoms with van der Waals surface area (Å²) in [5, 5.41) is 4.22. The van der Waals surface area contributed by atoms with E-state index in [1.54, 1.807) is 6.20 Å². The molecule has 1 aliphatic rings. The molecule has 0 radical (unpaired) electrons. The van der Waals surface area contributed by atoms with Gasteiger partial charge in [0, 0.05) is 29.7 Å². The second-order valence-corrected chi connectivity index (χ2v) is 7.28. The standard InChI is InChI=1S/C22H22ClN3O/c23-21-18-7-3-4-8-19(18)24-15-20(21)25-22(27)16-9-11-17(12-10-16)26-13-5-1-2-6-14-26/h3-4,7-12,15H,1-2,5-6,13-14H2,(H,25,27). The second kappa shape index (κ2) is 7.97. The Kier molecular flexibility index (Phi) is 5.26. The Morgan fingerprint density at radius 1 is 0.963 bits per heavy atom. The SMILES string of the molecule is O=C(Nc1cnc2ccccc2c1Cl)c1ccc(N2CCCCCC2)cc1. The third-order valence-electron chi connectivity index (χ3n) is 5.06. The molecular weight excluding hydrogens is 358 g/mol. The zero-order chi connectivity index (χ0) is 18.6. The van der Waals surface area contributed by atoms with Gasteiger partial charge in [0.15, 0.2) is 0 Å². The van der Waals surface area contributed by atoms with E-state index in [0.29, 0.717) is 16.3 Å². The minimum absolute atomic E-state index is 0.184. The molecule has 2 heterocycles. The zero-order valence-electron chi connectivity index (χ0n) is 15.1. The molecule has 0 unspecified atom stereocenters. The Morgan fingerprint density at radius 3 is 2.41 bits per heavy atom. The quantitative estimate of drug-likeness (QED) is 0.651. The summed E-state index contributed by atoms with van der Waals surface area (Å²) < 4.78 is 0. The maximum atomic E-state index is 12.6. The molecule has 1 N–H and O–H groups in total. The van der Waals surface area contributed by atoms with E-state index in [4.69, 9.17) is 11.6 Å². The number of anilines is 2. The van der Waals surface area contributed by atoms with Crippen LogP contribution in [-0.2, 0) is 0 Å². The number of nitrogens with one attached hydrogen (secondary N) is 1. The molecule has 1 saturated heterocycles. The van der Waals surface area contributed by atoms with Gasteiger partial charge in [-0.05, 0) is 43.2 Å². The fourth-order valence-corrected chi connectivity index (χ4v) is 3.80. The van der Waals surface area contributed by atoms with E-state index in [1.807, 2.05) is 48.5 Å². The van der Waals surface area contributed by atoms with Gasteiger partial charge in [-0.15, -0.1) is 0 Å². The lowest BCUT2D eigenvalue weighted by Gasteiger charge is -2.22. The molecule has 0 aliphatic carbocycles. The highest BCUT2D eigenvalue weighted by Gasteiger charge is 2.13. The van der Waals surface area contributed by atoms with Gasteiger partial charge in [0.2, 0.25) is 0 Å². The maximum absolute atomic E-state index is 12.6. The van der Waals surface area contributed by atoms with Crippen molar-refractivity contribution in [3.05, 3.63) is 65.3 Å². The van der Waals surface area contributed by atoms with Gasteiger partial charge >= 0.3 is 0 Å². The molecule has 0 saturated carbocycles. The molecule has 1 aliphatic heterocycles. The van der Waals surface area contributed by atoms with Crippen LogP contribution in [-0.4, -0.2) is 24.0 Å². The Balaban J connectivity index is 1.50. The molecule has 4 nitrogen and oxygen atoms in total. The molecule has 1 fully saturated rings. The van der Waals surface area contributed by atoms with Gasteiger partial charge in [0.25, 0.3) is 5.91 Å². The molecule has 1 aromatic heterocycles. The Morgan fingerprint density at radius 2 is 1.67 bits per heavy atom. The topological polar surface area (TPSA) is 45.2 Å². The number of hydrogen-bond acceptors (Lipinski definition) is 3. The average molecular weight is 380 g/mol. The number of fused-ring (bicyclic) bond motifs is 1. The molecule has 1 amide bonds. The summed E-state index contributed by atoms with van der Waals surface area (Å²) in [7, 11) is 0. The average Bonchev–Trinajstić information content (AvgIpc) is 3.00. The van der Waals surface area contributed by atoms with E-state index < -0.39 is 0 Å². The van der Waals surface area contributed by atoms with Crippen LogP contribution in [0.1, 0.15) is 36.0 Å². The van der Waals surface area contributed by atoms with Crippen molar-refractivity contribution in [1.29, 1.82) is 0 Å². The first-order chi connectivity index (χ1) is 13.2. The first-order valence-electron chi connectivity index (χ1n) is 9.42. The van der Waals surface area contributed by atoms with Crippen LogP contribution in [0.4, 0.5) is 11.4 Å². The molecule has 0 spiro atoms. The van der Waals surface area contributed by atoms with Crippen LogP contribution in [0.15, 0.2) is 54.7 Å². The molecule has 0 bridgehead atoms. The van der Waals surface area contributed by atoms with Crippen LogP contribution in [0.2, 0.25) is 5.02 Å². The van der Waals surface area contributed by atoms with Crippen LogP contribution >= 0.6 is 11.6 Å². The summed E-state index contributed by atoms with van der Waals surface area (Å²) in [6.07, 6.45) is 6.68. The molecule has 138 valence electrons. The van der Waals surface area contributed by atoms with Crippen LogP contribution in [0.5, 0.6) is 0 Å². The third-order valence-corrected chi connectivity index (χ3v) is 5.47. The fourth-order valence-electron chi connectivity index (χ4n) is 3.54. The van der Waals surface area contributed by atoms with Gasteiger partial charge in [0.1, 0.15) is 0 Å². The fraction of sp³-hybridized carbons (Fsp3) is 0.273. The summed E-state index contributed by atoms with van der Waals surface area (Å²) in [6.45, 7) is 2.17. The molecule has 27 heavy (non-hydrogen) atoms. The molecule has 0 atom stereocenters. The van der Waals surface area contributed by atoms with Crippen molar-refractivity contribution in [2.24, 2.45) is 0 Å². The maximum Gasteiger partial charge on any atom is 0.255 e. The number of halogens is 1. The predicted molar refractivity (Wildman–Crippen MR) is 112 cm³/mol. The third kappa shape index (κ3) is 3.91. The first-order valence-corrected chi connectivity index (χ1v) is 9.80. The lowest BCUT2D eigenvalue weighted by Crippen LogP contribution is -2.23. The van der Waals surface area contributed by atoms with Gasteiger partial charge in [-0.1, -0.05) is 42.6 Å². The van der Waals surface area contributed by atoms with E-state index in [0.717, 1.165) is 24.0 Å². The van der Waals surface area contributed by atoms with E-state index in [-0.39, 0.29) is 5.91 Å². The molecular formula is C22H22ClN3O. The molecule has 4 rings (SSSR count). The van der Waals surface area contributed by atoms with Crippen LogP contribution in [0, 0.1) is 0 Å². The number of carbonyl (C=O) groups is 1. The van der Waals surface area contributed by atoms with Gasteiger partial charge in [-0.25, -0.2) is 0 Å². The van der Waals surface area contributed by atoms with Crippen molar-refractivity contribution in [2.75, 3.05) is 23.3 Å². The number of aromatic nitrogens is 1. The Hall–Kier alpha value is -2.59. The van der Waals surface area contributed by atoms with Gasteiger partial charge < -0.3 is 10.2 Å². The van der Waals surface area contributed by atoms with Crippen molar-refractivity contribution in [3.8, 4) is 0 Å². The van der Waals surface area contributed by atoms with Crippen molar-refractivity contribution < 1.29 is 4.79 Å². The van der Waals surface area contributed by atoms with Crippen molar-refractivity contribution in [3.63, 3.8) is 0 Å². The van der Waals surface area contributed by atoms with Crippen LogP contribution in [0.3, 0.4) is 0 Å². The van der Waals surface area contributed by atoms with Gasteiger partial charge in [-0.2, -0.15) is 0 Å². The highest BCUT2D eigenvalue weighted by atomic mass is 35.5.